The van der Waals surface area contributed by atoms with E-state index >= 15 is 0 Å². The molecule has 0 aromatic carbocycles. The van der Waals surface area contributed by atoms with E-state index in [-0.39, 0.29) is 11.5 Å². The molecule has 0 aliphatic rings. The van der Waals surface area contributed by atoms with Gasteiger partial charge in [0.05, 0.1) is 13.4 Å². The molecule has 0 atom stereocenters. The highest BCUT2D eigenvalue weighted by Gasteiger charge is 2.15. The maximum atomic E-state index is 11.0. The Morgan fingerprint density at radius 1 is 1.85 bits per heavy atom. The quantitative estimate of drug-likeness (QED) is 0.296. The largest absolute Gasteiger partial charge is 0.464 e. The Bertz CT molecular complexity index is 376. The molecule has 0 unspecified atom stereocenters. The Balaban J connectivity index is 3.21. The molecule has 13 heavy (non-hydrogen) atoms. The lowest BCUT2D eigenvalue weighted by Gasteiger charge is -1.96. The van der Waals surface area contributed by atoms with Crippen LogP contribution in [0, 0.1) is 0 Å². The average Bonchev–Trinajstić information content (AvgIpc) is 2.48. The molecule has 0 radical (unpaired) electrons. The van der Waals surface area contributed by atoms with E-state index in [1.54, 1.807) is 7.05 Å². The molecule has 68 valence electrons. The minimum absolute atomic E-state index is 0.0165. The summed E-state index contributed by atoms with van der Waals surface area (Å²) in [5.74, 6) is -0.475. The van der Waals surface area contributed by atoms with E-state index < -0.39 is 5.97 Å². The van der Waals surface area contributed by atoms with Crippen LogP contribution in [0.25, 0.3) is 10.4 Å². The highest BCUT2D eigenvalue weighted by Crippen LogP contribution is 2.17. The van der Waals surface area contributed by atoms with Gasteiger partial charge >= 0.3 is 5.97 Å². The van der Waals surface area contributed by atoms with E-state index in [2.05, 4.69) is 19.7 Å². The Kier molecular flexibility index (Phi) is 2.51. The first kappa shape index (κ1) is 9.08. The molecule has 0 N–H and O–H groups in total. The number of carbonyl (C=O) groups excluding carboxylic acids is 1. The van der Waals surface area contributed by atoms with Gasteiger partial charge in [0, 0.05) is 12.0 Å². The fraction of sp³-hybridized carbons (Fsp3) is 0.333. The van der Waals surface area contributed by atoms with E-state index in [0.717, 1.165) is 0 Å². The van der Waals surface area contributed by atoms with Crippen LogP contribution < -0.4 is 0 Å². The zero-order valence-electron chi connectivity index (χ0n) is 7.13. The number of esters is 1. The second kappa shape index (κ2) is 3.59. The smallest absolute Gasteiger partial charge is 0.358 e. The van der Waals surface area contributed by atoms with Gasteiger partial charge in [0.25, 0.3) is 0 Å². The van der Waals surface area contributed by atoms with Crippen LogP contribution in [0.5, 0.6) is 0 Å². The van der Waals surface area contributed by atoms with E-state index in [9.17, 15) is 4.79 Å². The van der Waals surface area contributed by atoms with Crippen LogP contribution in [0.15, 0.2) is 11.4 Å². The predicted octanol–water partition coefficient (Wildman–Crippen LogP) is 1.15. The first-order valence-corrected chi connectivity index (χ1v) is 3.35. The van der Waals surface area contributed by atoms with Crippen molar-refractivity contribution in [3.63, 3.8) is 0 Å². The Morgan fingerprint density at radius 3 is 3.08 bits per heavy atom. The molecule has 0 spiro atoms. The molecule has 0 saturated heterocycles. The summed E-state index contributed by atoms with van der Waals surface area (Å²) in [5.41, 5.74) is 8.22. The molecule has 0 aliphatic carbocycles. The normalized spacial score (nSPS) is 9.08. The number of ether oxygens (including phenoxy) is 1. The average molecular weight is 181 g/mol. The molecule has 0 bridgehead atoms. The fourth-order valence-corrected chi connectivity index (χ4v) is 0.825. The summed E-state index contributed by atoms with van der Waals surface area (Å²) in [7, 11) is 2.85. The zero-order chi connectivity index (χ0) is 9.84. The lowest BCUT2D eigenvalue weighted by Crippen LogP contribution is -2.01. The Labute approximate surface area is 73.6 Å². The number of methoxy groups -OCH3 is 1. The van der Waals surface area contributed by atoms with Crippen molar-refractivity contribution in [2.24, 2.45) is 12.2 Å². The summed E-state index contributed by atoms with van der Waals surface area (Å²) >= 11 is 0. The predicted molar refractivity (Wildman–Crippen MR) is 43.4 cm³/mol. The van der Waals surface area contributed by atoms with Crippen LogP contribution in [0.4, 0.5) is 5.82 Å². The summed E-state index contributed by atoms with van der Waals surface area (Å²) < 4.78 is 5.87. The standard InChI is InChI=1S/C6H7N5O2/c1-11-3-8-4(6(12)13-2)5(11)9-10-7/h3H,1-2H3. The number of aryl methyl sites for hydroxylation is 1. The van der Waals surface area contributed by atoms with Gasteiger partial charge < -0.3 is 9.30 Å². The molecule has 0 amide bonds. The van der Waals surface area contributed by atoms with E-state index in [1.807, 2.05) is 0 Å². The minimum Gasteiger partial charge on any atom is -0.464 e. The molecule has 0 fully saturated rings. The van der Waals surface area contributed by atoms with Crippen molar-refractivity contribution in [1.29, 1.82) is 0 Å². The molecule has 1 heterocycles. The summed E-state index contributed by atoms with van der Waals surface area (Å²) in [5, 5.41) is 3.32. The first-order valence-electron chi connectivity index (χ1n) is 3.35. The maximum absolute atomic E-state index is 11.0. The SMILES string of the molecule is COC(=O)c1ncn(C)c1N=[N+]=[N-]. The Hall–Kier alpha value is -2.01. The van der Waals surface area contributed by atoms with Gasteiger partial charge in [-0.1, -0.05) is 0 Å². The summed E-state index contributed by atoms with van der Waals surface area (Å²) in [6.45, 7) is 0. The molecular weight excluding hydrogens is 174 g/mol. The number of rotatable bonds is 2. The lowest BCUT2D eigenvalue weighted by molar-refractivity contribution is 0.0595. The van der Waals surface area contributed by atoms with Crippen LogP contribution in [0.3, 0.4) is 0 Å². The number of carbonyl (C=O) groups is 1. The molecular formula is C6H7N5O2. The second-order valence-corrected chi connectivity index (χ2v) is 2.21. The van der Waals surface area contributed by atoms with E-state index in [0.29, 0.717) is 0 Å². The third kappa shape index (κ3) is 1.60. The number of aromatic nitrogens is 2. The maximum Gasteiger partial charge on any atom is 0.358 e. The number of imidazole rings is 1. The van der Waals surface area contributed by atoms with Gasteiger partial charge in [0.1, 0.15) is 5.82 Å². The van der Waals surface area contributed by atoms with Crippen LogP contribution in [0.1, 0.15) is 10.5 Å². The highest BCUT2D eigenvalue weighted by molar-refractivity contribution is 5.91. The van der Waals surface area contributed by atoms with Crippen LogP contribution in [-0.2, 0) is 11.8 Å². The zero-order valence-corrected chi connectivity index (χ0v) is 7.13. The van der Waals surface area contributed by atoms with Crippen LogP contribution in [0.2, 0.25) is 0 Å². The summed E-state index contributed by atoms with van der Waals surface area (Å²) in [6, 6.07) is 0. The minimum atomic E-state index is -0.622. The third-order valence-electron chi connectivity index (χ3n) is 1.42. The highest BCUT2D eigenvalue weighted by atomic mass is 16.5. The molecule has 1 rings (SSSR count). The van der Waals surface area contributed by atoms with Gasteiger partial charge in [-0.2, -0.15) is 0 Å². The molecule has 1 aromatic rings. The van der Waals surface area contributed by atoms with Crippen molar-refractivity contribution in [1.82, 2.24) is 9.55 Å². The molecule has 0 saturated carbocycles. The third-order valence-corrected chi connectivity index (χ3v) is 1.42. The topological polar surface area (TPSA) is 92.9 Å². The first-order chi connectivity index (χ1) is 6.20. The van der Waals surface area contributed by atoms with Crippen molar-refractivity contribution in [2.45, 2.75) is 0 Å². The lowest BCUT2D eigenvalue weighted by atomic mass is 10.4. The monoisotopic (exact) mass is 181 g/mol. The molecule has 7 nitrogen and oxygen atoms in total. The van der Waals surface area contributed by atoms with Crippen molar-refractivity contribution < 1.29 is 9.53 Å². The molecule has 0 aliphatic heterocycles. The van der Waals surface area contributed by atoms with Crippen LogP contribution in [-0.4, -0.2) is 22.6 Å². The van der Waals surface area contributed by atoms with Gasteiger partial charge in [-0.25, -0.2) is 9.78 Å². The second-order valence-electron chi connectivity index (χ2n) is 2.21. The van der Waals surface area contributed by atoms with Crippen molar-refractivity contribution in [3.8, 4) is 0 Å². The van der Waals surface area contributed by atoms with Crippen molar-refractivity contribution >= 4 is 11.8 Å². The van der Waals surface area contributed by atoms with Crippen molar-refractivity contribution in [2.75, 3.05) is 7.11 Å². The number of azide groups is 1. The summed E-state index contributed by atoms with van der Waals surface area (Å²) in [4.78, 5) is 17.3. The van der Waals surface area contributed by atoms with Crippen molar-refractivity contribution in [3.05, 3.63) is 22.5 Å². The molecule has 7 heteroatoms. The Morgan fingerprint density at radius 2 is 2.54 bits per heavy atom. The van der Waals surface area contributed by atoms with Gasteiger partial charge in [-0.15, -0.1) is 0 Å². The number of nitrogens with zero attached hydrogens (tertiary/aromatic N) is 5. The number of hydrogen-bond acceptors (Lipinski definition) is 4. The van der Waals surface area contributed by atoms with E-state index in [4.69, 9.17) is 5.53 Å². The van der Waals surface area contributed by atoms with Gasteiger partial charge in [-0.05, 0) is 10.6 Å². The van der Waals surface area contributed by atoms with Crippen LogP contribution >= 0.6 is 0 Å². The summed E-state index contributed by atoms with van der Waals surface area (Å²) in [6.07, 6.45) is 1.37. The number of hydrogen-bond donors (Lipinski definition) is 0. The van der Waals surface area contributed by atoms with Gasteiger partial charge in [-0.3, -0.25) is 0 Å². The van der Waals surface area contributed by atoms with Gasteiger partial charge in [0.2, 0.25) is 0 Å². The van der Waals surface area contributed by atoms with Gasteiger partial charge in [0.15, 0.2) is 5.69 Å². The molecule has 1 aromatic heterocycles. The van der Waals surface area contributed by atoms with E-state index in [1.165, 1.54) is 18.0 Å². The fourth-order valence-electron chi connectivity index (χ4n) is 0.825.